The number of nitrogens with zero attached hydrogens (tertiary/aromatic N) is 1. The van der Waals surface area contributed by atoms with Crippen LogP contribution < -0.4 is 4.74 Å². The fourth-order valence-corrected chi connectivity index (χ4v) is 0.940. The zero-order chi connectivity index (χ0) is 8.81. The molecule has 1 aromatic rings. The quantitative estimate of drug-likeness (QED) is 0.531. The summed E-state index contributed by atoms with van der Waals surface area (Å²) in [6, 6.07) is 2.86. The molecule has 0 aromatic carbocycles. The summed E-state index contributed by atoms with van der Waals surface area (Å²) in [6.45, 7) is 0.633. The molecule has 2 nitrogen and oxygen atoms in total. The summed E-state index contributed by atoms with van der Waals surface area (Å²) in [4.78, 5) is 3.46. The first-order valence-corrected chi connectivity index (χ1v) is 4.95. The molecule has 0 aliphatic carbocycles. The lowest BCUT2D eigenvalue weighted by atomic mass is 10.4. The van der Waals surface area contributed by atoms with Gasteiger partial charge in [0.25, 0.3) is 0 Å². The number of pyridine rings is 1. The van der Waals surface area contributed by atoms with Crippen molar-refractivity contribution in [3.05, 3.63) is 24.3 Å². The molecule has 66 valence electrons. The van der Waals surface area contributed by atoms with Crippen LogP contribution in [-0.4, -0.2) is 23.6 Å². The van der Waals surface area contributed by atoms with Gasteiger partial charge in [-0.15, -0.1) is 0 Å². The normalized spacial score (nSPS) is 9.83. The SMILES string of the molecule is CSCCOc1ccc(F)nc1. The molecule has 0 bridgehead atoms. The van der Waals surface area contributed by atoms with Crippen LogP contribution in [-0.2, 0) is 0 Å². The van der Waals surface area contributed by atoms with Gasteiger partial charge in [-0.3, -0.25) is 0 Å². The topological polar surface area (TPSA) is 22.1 Å². The van der Waals surface area contributed by atoms with Crippen LogP contribution in [0.2, 0.25) is 0 Å². The minimum absolute atomic E-state index is 0.479. The molecular weight excluding hydrogens is 177 g/mol. The third-order valence-corrected chi connectivity index (χ3v) is 1.83. The third-order valence-electron chi connectivity index (χ3n) is 1.26. The fraction of sp³-hybridized carbons (Fsp3) is 0.375. The first kappa shape index (κ1) is 9.32. The smallest absolute Gasteiger partial charge is 0.213 e. The van der Waals surface area contributed by atoms with E-state index >= 15 is 0 Å². The van der Waals surface area contributed by atoms with Crippen molar-refractivity contribution in [2.75, 3.05) is 18.6 Å². The van der Waals surface area contributed by atoms with E-state index in [-0.39, 0.29) is 0 Å². The van der Waals surface area contributed by atoms with E-state index in [0.717, 1.165) is 5.75 Å². The van der Waals surface area contributed by atoms with Crippen molar-refractivity contribution >= 4 is 11.8 Å². The van der Waals surface area contributed by atoms with Gasteiger partial charge in [-0.2, -0.15) is 16.2 Å². The van der Waals surface area contributed by atoms with Crippen molar-refractivity contribution in [2.45, 2.75) is 0 Å². The molecule has 0 saturated heterocycles. The molecule has 0 N–H and O–H groups in total. The summed E-state index contributed by atoms with van der Waals surface area (Å²) in [6.07, 6.45) is 3.39. The Hall–Kier alpha value is -0.770. The van der Waals surface area contributed by atoms with E-state index in [1.54, 1.807) is 17.8 Å². The molecule has 1 aromatic heterocycles. The predicted octanol–water partition coefficient (Wildman–Crippen LogP) is 1.96. The summed E-state index contributed by atoms with van der Waals surface area (Å²) in [5.74, 6) is 1.06. The van der Waals surface area contributed by atoms with Crippen LogP contribution in [0.1, 0.15) is 0 Å². The highest BCUT2D eigenvalue weighted by Crippen LogP contribution is 2.08. The third kappa shape index (κ3) is 3.09. The largest absolute Gasteiger partial charge is 0.491 e. The van der Waals surface area contributed by atoms with Crippen LogP contribution >= 0.6 is 11.8 Å². The van der Waals surface area contributed by atoms with Crippen LogP contribution in [0.5, 0.6) is 5.75 Å². The molecule has 1 rings (SSSR count). The van der Waals surface area contributed by atoms with Gasteiger partial charge in [0.15, 0.2) is 0 Å². The Morgan fingerprint density at radius 3 is 3.00 bits per heavy atom. The number of halogens is 1. The lowest BCUT2D eigenvalue weighted by Crippen LogP contribution is -1.99. The number of rotatable bonds is 4. The summed E-state index contributed by atoms with van der Waals surface area (Å²) in [5, 5.41) is 0. The summed E-state index contributed by atoms with van der Waals surface area (Å²) in [5.41, 5.74) is 0. The van der Waals surface area contributed by atoms with E-state index in [1.807, 2.05) is 6.26 Å². The molecule has 0 aliphatic rings. The molecule has 12 heavy (non-hydrogen) atoms. The molecule has 0 spiro atoms. The lowest BCUT2D eigenvalue weighted by molar-refractivity contribution is 0.341. The Balaban J connectivity index is 2.37. The Morgan fingerprint density at radius 1 is 1.58 bits per heavy atom. The predicted molar refractivity (Wildman–Crippen MR) is 48.1 cm³/mol. The van der Waals surface area contributed by atoms with Gasteiger partial charge in [0.1, 0.15) is 5.75 Å². The van der Waals surface area contributed by atoms with Gasteiger partial charge in [0.05, 0.1) is 12.8 Å². The van der Waals surface area contributed by atoms with Gasteiger partial charge < -0.3 is 4.74 Å². The second-order valence-corrected chi connectivity index (χ2v) is 3.14. The molecule has 0 fully saturated rings. The van der Waals surface area contributed by atoms with Gasteiger partial charge in [-0.05, 0) is 18.4 Å². The monoisotopic (exact) mass is 187 g/mol. The zero-order valence-electron chi connectivity index (χ0n) is 6.79. The first-order valence-electron chi connectivity index (χ1n) is 3.56. The highest BCUT2D eigenvalue weighted by molar-refractivity contribution is 7.98. The Labute approximate surface area is 75.1 Å². The van der Waals surface area contributed by atoms with Gasteiger partial charge >= 0.3 is 0 Å². The van der Waals surface area contributed by atoms with Crippen molar-refractivity contribution in [2.24, 2.45) is 0 Å². The Kier molecular flexibility index (Phi) is 3.87. The van der Waals surface area contributed by atoms with Gasteiger partial charge in [-0.1, -0.05) is 0 Å². The average molecular weight is 187 g/mol. The van der Waals surface area contributed by atoms with Crippen molar-refractivity contribution < 1.29 is 9.13 Å². The van der Waals surface area contributed by atoms with Crippen molar-refractivity contribution in [3.8, 4) is 5.75 Å². The van der Waals surface area contributed by atoms with Crippen LogP contribution in [0.3, 0.4) is 0 Å². The van der Waals surface area contributed by atoms with E-state index < -0.39 is 5.95 Å². The minimum Gasteiger partial charge on any atom is -0.491 e. The van der Waals surface area contributed by atoms with E-state index in [4.69, 9.17) is 4.74 Å². The van der Waals surface area contributed by atoms with Crippen LogP contribution in [0.15, 0.2) is 18.3 Å². The first-order chi connectivity index (χ1) is 5.83. The Morgan fingerprint density at radius 2 is 2.42 bits per heavy atom. The second kappa shape index (κ2) is 4.98. The minimum atomic E-state index is -0.479. The van der Waals surface area contributed by atoms with Crippen LogP contribution in [0.25, 0.3) is 0 Å². The number of ether oxygens (including phenoxy) is 1. The highest BCUT2D eigenvalue weighted by atomic mass is 32.2. The maximum Gasteiger partial charge on any atom is 0.213 e. The molecule has 0 amide bonds. The molecule has 0 saturated carbocycles. The number of hydrogen-bond donors (Lipinski definition) is 0. The summed E-state index contributed by atoms with van der Waals surface area (Å²) < 4.78 is 17.6. The zero-order valence-corrected chi connectivity index (χ0v) is 7.60. The standard InChI is InChI=1S/C8H10FNOS/c1-12-5-4-11-7-2-3-8(9)10-6-7/h2-3,6H,4-5H2,1H3. The maximum atomic E-state index is 12.3. The van der Waals surface area contributed by atoms with Crippen LogP contribution in [0.4, 0.5) is 4.39 Å². The molecule has 0 aliphatic heterocycles. The van der Waals surface area contributed by atoms with E-state index in [2.05, 4.69) is 4.98 Å². The van der Waals surface area contributed by atoms with E-state index in [9.17, 15) is 4.39 Å². The number of thioether (sulfide) groups is 1. The molecule has 1 heterocycles. The Bertz CT molecular complexity index is 227. The number of aromatic nitrogens is 1. The molecule has 4 heteroatoms. The molecule has 0 atom stereocenters. The van der Waals surface area contributed by atoms with Crippen molar-refractivity contribution in [1.29, 1.82) is 0 Å². The highest BCUT2D eigenvalue weighted by Gasteiger charge is 1.94. The van der Waals surface area contributed by atoms with Crippen LogP contribution in [0, 0.1) is 5.95 Å². The van der Waals surface area contributed by atoms with Crippen molar-refractivity contribution in [3.63, 3.8) is 0 Å². The van der Waals surface area contributed by atoms with Crippen molar-refractivity contribution in [1.82, 2.24) is 4.98 Å². The maximum absolute atomic E-state index is 12.3. The lowest BCUT2D eigenvalue weighted by Gasteiger charge is -2.02. The van der Waals surface area contributed by atoms with Gasteiger partial charge in [-0.25, -0.2) is 4.98 Å². The second-order valence-electron chi connectivity index (χ2n) is 2.16. The van der Waals surface area contributed by atoms with Gasteiger partial charge in [0, 0.05) is 5.75 Å². The molecule has 0 radical (unpaired) electrons. The van der Waals surface area contributed by atoms with E-state index in [1.165, 1.54) is 12.3 Å². The number of hydrogen-bond acceptors (Lipinski definition) is 3. The van der Waals surface area contributed by atoms with E-state index in [0.29, 0.717) is 12.4 Å². The average Bonchev–Trinajstić information content (AvgIpc) is 2.09. The molecular formula is C8H10FNOS. The molecule has 0 unspecified atom stereocenters. The van der Waals surface area contributed by atoms with Gasteiger partial charge in [0.2, 0.25) is 5.95 Å². The summed E-state index contributed by atoms with van der Waals surface area (Å²) in [7, 11) is 0. The fourth-order valence-electron chi connectivity index (χ4n) is 0.690. The summed E-state index contributed by atoms with van der Waals surface area (Å²) >= 11 is 1.70.